The Labute approximate surface area is 167 Å². The molecule has 148 valence electrons. The molecule has 0 aliphatic rings. The molecule has 1 heterocycles. The summed E-state index contributed by atoms with van der Waals surface area (Å²) >= 11 is 0. The van der Waals surface area contributed by atoms with Crippen LogP contribution in [0.15, 0.2) is 66.9 Å². The third-order valence-electron chi connectivity index (χ3n) is 4.62. The average Bonchev–Trinajstić information content (AvgIpc) is 3.10. The average molecular weight is 399 g/mol. The number of nitrogens with zero attached hydrogens (tertiary/aromatic N) is 3. The monoisotopic (exact) mass is 398 g/mol. The molecule has 0 fully saturated rings. The molecule has 0 radical (unpaired) electrons. The highest BCUT2D eigenvalue weighted by atomic mass is 32.2. The Hall–Kier alpha value is -2.48. The lowest BCUT2D eigenvalue weighted by Crippen LogP contribution is -2.41. The zero-order chi connectivity index (χ0) is 20.1. The minimum absolute atomic E-state index is 0.119. The van der Waals surface area contributed by atoms with Gasteiger partial charge in [0.2, 0.25) is 0 Å². The van der Waals surface area contributed by atoms with Gasteiger partial charge in [-0.2, -0.15) is 22.5 Å². The summed E-state index contributed by atoms with van der Waals surface area (Å²) in [6, 6.07) is 19.7. The molecule has 0 atom stereocenters. The predicted octanol–water partition coefficient (Wildman–Crippen LogP) is 3.27. The Kier molecular flexibility index (Phi) is 6.28. The highest BCUT2D eigenvalue weighted by molar-refractivity contribution is 7.87. The maximum absolute atomic E-state index is 12.5. The molecule has 3 aromatic rings. The third-order valence-corrected chi connectivity index (χ3v) is 6.31. The summed E-state index contributed by atoms with van der Waals surface area (Å²) in [6.45, 7) is 4.48. The van der Waals surface area contributed by atoms with Crippen LogP contribution in [0.2, 0.25) is 0 Å². The SMILES string of the molecule is CC(C)N(C)S(=O)(=O)NCc1cn(Cc2ccccc2)nc1-c1ccccc1. The maximum Gasteiger partial charge on any atom is 0.279 e. The Balaban J connectivity index is 1.88. The molecule has 6 nitrogen and oxygen atoms in total. The van der Waals surface area contributed by atoms with E-state index < -0.39 is 10.2 Å². The van der Waals surface area contributed by atoms with Crippen molar-refractivity contribution in [2.24, 2.45) is 0 Å². The molecule has 0 bridgehead atoms. The number of benzene rings is 2. The number of hydrogen-bond acceptors (Lipinski definition) is 3. The molecule has 0 unspecified atom stereocenters. The first-order valence-corrected chi connectivity index (χ1v) is 10.7. The van der Waals surface area contributed by atoms with Crippen molar-refractivity contribution >= 4 is 10.2 Å². The largest absolute Gasteiger partial charge is 0.279 e. The summed E-state index contributed by atoms with van der Waals surface area (Å²) in [4.78, 5) is 0. The van der Waals surface area contributed by atoms with Crippen molar-refractivity contribution in [2.45, 2.75) is 33.0 Å². The normalized spacial score (nSPS) is 12.0. The minimum atomic E-state index is -3.56. The first-order chi connectivity index (χ1) is 13.4. The van der Waals surface area contributed by atoms with E-state index in [2.05, 4.69) is 4.72 Å². The summed E-state index contributed by atoms with van der Waals surface area (Å²) in [7, 11) is -1.99. The Morgan fingerprint density at radius 1 is 1.04 bits per heavy atom. The van der Waals surface area contributed by atoms with Crippen molar-refractivity contribution in [3.63, 3.8) is 0 Å². The highest BCUT2D eigenvalue weighted by Gasteiger charge is 2.21. The van der Waals surface area contributed by atoms with Crippen LogP contribution in [0, 0.1) is 0 Å². The zero-order valence-corrected chi connectivity index (χ0v) is 17.2. The van der Waals surface area contributed by atoms with Gasteiger partial charge in [-0.3, -0.25) is 4.68 Å². The Morgan fingerprint density at radius 3 is 2.25 bits per heavy atom. The van der Waals surface area contributed by atoms with E-state index in [0.717, 1.165) is 22.4 Å². The molecule has 1 N–H and O–H groups in total. The van der Waals surface area contributed by atoms with Crippen LogP contribution >= 0.6 is 0 Å². The lowest BCUT2D eigenvalue weighted by Gasteiger charge is -2.21. The van der Waals surface area contributed by atoms with Crippen molar-refractivity contribution < 1.29 is 8.42 Å². The molecule has 0 saturated carbocycles. The molecule has 28 heavy (non-hydrogen) atoms. The highest BCUT2D eigenvalue weighted by Crippen LogP contribution is 2.22. The van der Waals surface area contributed by atoms with Crippen molar-refractivity contribution in [3.05, 3.63) is 78.0 Å². The van der Waals surface area contributed by atoms with Crippen LogP contribution in [0.25, 0.3) is 11.3 Å². The second-order valence-electron chi connectivity index (χ2n) is 6.99. The van der Waals surface area contributed by atoms with E-state index in [4.69, 9.17) is 5.10 Å². The fraction of sp³-hybridized carbons (Fsp3) is 0.286. The molecule has 2 aromatic carbocycles. The topological polar surface area (TPSA) is 67.2 Å². The first kappa shape index (κ1) is 20.3. The van der Waals surface area contributed by atoms with Gasteiger partial charge in [-0.25, -0.2) is 0 Å². The quantitative estimate of drug-likeness (QED) is 0.633. The van der Waals surface area contributed by atoms with Gasteiger partial charge in [0, 0.05) is 37.0 Å². The summed E-state index contributed by atoms with van der Waals surface area (Å²) in [6.07, 6.45) is 1.91. The van der Waals surface area contributed by atoms with Gasteiger partial charge in [0.1, 0.15) is 0 Å². The molecular formula is C21H26N4O2S. The zero-order valence-electron chi connectivity index (χ0n) is 16.4. The fourth-order valence-electron chi connectivity index (χ4n) is 2.83. The number of aromatic nitrogens is 2. The van der Waals surface area contributed by atoms with E-state index in [1.807, 2.05) is 85.4 Å². The molecule has 0 aliphatic heterocycles. The van der Waals surface area contributed by atoms with E-state index >= 15 is 0 Å². The van der Waals surface area contributed by atoms with Crippen molar-refractivity contribution in [2.75, 3.05) is 7.05 Å². The van der Waals surface area contributed by atoms with Gasteiger partial charge in [0.05, 0.1) is 12.2 Å². The van der Waals surface area contributed by atoms with E-state index in [1.54, 1.807) is 7.05 Å². The van der Waals surface area contributed by atoms with Crippen LogP contribution in [0.5, 0.6) is 0 Å². The lowest BCUT2D eigenvalue weighted by molar-refractivity contribution is 0.402. The third kappa shape index (κ3) is 4.86. The lowest BCUT2D eigenvalue weighted by atomic mass is 10.1. The summed E-state index contributed by atoms with van der Waals surface area (Å²) < 4.78 is 30.8. The molecule has 7 heteroatoms. The van der Waals surface area contributed by atoms with Gasteiger partial charge in [0.25, 0.3) is 10.2 Å². The molecule has 0 saturated heterocycles. The summed E-state index contributed by atoms with van der Waals surface area (Å²) in [5.41, 5.74) is 3.71. The van der Waals surface area contributed by atoms with Crippen LogP contribution in [0.3, 0.4) is 0 Å². The van der Waals surface area contributed by atoms with Crippen LogP contribution in [-0.2, 0) is 23.3 Å². The van der Waals surface area contributed by atoms with Crippen LogP contribution in [0.1, 0.15) is 25.0 Å². The molecule has 1 aromatic heterocycles. The van der Waals surface area contributed by atoms with Crippen LogP contribution in [-0.4, -0.2) is 35.6 Å². The molecule has 0 aliphatic carbocycles. The van der Waals surface area contributed by atoms with Crippen LogP contribution in [0.4, 0.5) is 0 Å². The van der Waals surface area contributed by atoms with E-state index in [-0.39, 0.29) is 12.6 Å². The van der Waals surface area contributed by atoms with E-state index in [0.29, 0.717) is 6.54 Å². The number of nitrogens with one attached hydrogen (secondary N) is 1. The summed E-state index contributed by atoms with van der Waals surface area (Å²) in [5.74, 6) is 0. The molecular weight excluding hydrogens is 372 g/mol. The van der Waals surface area contributed by atoms with Gasteiger partial charge in [-0.05, 0) is 19.4 Å². The van der Waals surface area contributed by atoms with E-state index in [9.17, 15) is 8.42 Å². The van der Waals surface area contributed by atoms with E-state index in [1.165, 1.54) is 4.31 Å². The second-order valence-corrected chi connectivity index (χ2v) is 8.80. The molecule has 0 spiro atoms. The Bertz CT molecular complexity index is 999. The van der Waals surface area contributed by atoms with Gasteiger partial charge in [-0.15, -0.1) is 0 Å². The van der Waals surface area contributed by atoms with Gasteiger partial charge in [-0.1, -0.05) is 60.7 Å². The molecule has 0 amide bonds. The summed E-state index contributed by atoms with van der Waals surface area (Å²) in [5, 5.41) is 4.72. The predicted molar refractivity (Wildman–Crippen MR) is 112 cm³/mol. The first-order valence-electron chi connectivity index (χ1n) is 9.25. The van der Waals surface area contributed by atoms with Crippen molar-refractivity contribution in [1.82, 2.24) is 18.8 Å². The van der Waals surface area contributed by atoms with Gasteiger partial charge < -0.3 is 0 Å². The van der Waals surface area contributed by atoms with Crippen molar-refractivity contribution in [1.29, 1.82) is 0 Å². The number of hydrogen-bond donors (Lipinski definition) is 1. The second kappa shape index (κ2) is 8.68. The van der Waals surface area contributed by atoms with Gasteiger partial charge >= 0.3 is 0 Å². The smallest absolute Gasteiger partial charge is 0.267 e. The number of rotatable bonds is 8. The van der Waals surface area contributed by atoms with Crippen LogP contribution < -0.4 is 4.72 Å². The van der Waals surface area contributed by atoms with Crippen molar-refractivity contribution in [3.8, 4) is 11.3 Å². The maximum atomic E-state index is 12.5. The van der Waals surface area contributed by atoms with Gasteiger partial charge in [0.15, 0.2) is 0 Å². The fourth-order valence-corrected chi connectivity index (χ4v) is 3.93. The minimum Gasteiger partial charge on any atom is -0.267 e. The molecule has 3 rings (SSSR count). The Morgan fingerprint density at radius 2 is 1.64 bits per heavy atom. The standard InChI is InChI=1S/C21H26N4O2S/c1-17(2)24(3)28(26,27)22-14-20-16-25(15-18-10-6-4-7-11-18)23-21(20)19-12-8-5-9-13-19/h4-13,16-17,22H,14-15H2,1-3H3.